The molecule has 1 saturated heterocycles. The van der Waals surface area contributed by atoms with Crippen molar-refractivity contribution in [1.82, 2.24) is 9.62 Å². The predicted molar refractivity (Wildman–Crippen MR) is 80.9 cm³/mol. The summed E-state index contributed by atoms with van der Waals surface area (Å²) in [4.78, 5) is 11.1. The zero-order chi connectivity index (χ0) is 15.3. The van der Waals surface area contributed by atoms with Crippen molar-refractivity contribution >= 4 is 17.2 Å². The number of piperidine rings is 1. The molecule has 0 bridgehead atoms. The maximum atomic E-state index is 11.6. The van der Waals surface area contributed by atoms with Crippen LogP contribution in [0.2, 0.25) is 0 Å². The van der Waals surface area contributed by atoms with Crippen LogP contribution in [0.5, 0.6) is 0 Å². The minimum absolute atomic E-state index is 0.0740. The number of carbonyl (C=O) groups excluding carboxylic acids is 1. The monoisotopic (exact) mass is 298 g/mol. The Labute approximate surface area is 122 Å². The largest absolute Gasteiger partial charge is 0.356 e. The van der Waals surface area contributed by atoms with Gasteiger partial charge in [0, 0.05) is 25.4 Å². The number of rotatable bonds is 4. The quantitative estimate of drug-likeness (QED) is 0.780. The first-order valence-corrected chi connectivity index (χ1v) is 7.61. The van der Waals surface area contributed by atoms with Crippen molar-refractivity contribution in [2.45, 2.75) is 33.2 Å². The Morgan fingerprint density at radius 3 is 2.75 bits per heavy atom. The molecule has 0 aromatic rings. The van der Waals surface area contributed by atoms with Crippen molar-refractivity contribution in [3.05, 3.63) is 36.1 Å². The molecule has 1 unspecified atom stereocenters. The fourth-order valence-electron chi connectivity index (χ4n) is 2.46. The van der Waals surface area contributed by atoms with Crippen LogP contribution in [0.25, 0.3) is 0 Å². The minimum Gasteiger partial charge on any atom is -0.356 e. The van der Waals surface area contributed by atoms with Crippen LogP contribution < -0.4 is 5.32 Å². The highest BCUT2D eigenvalue weighted by molar-refractivity contribution is 7.76. The molecule has 0 spiro atoms. The second-order valence-corrected chi connectivity index (χ2v) is 5.65. The number of allylic oxidation sites excluding steroid dienone is 4. The molecule has 0 aliphatic carbocycles. The van der Waals surface area contributed by atoms with Gasteiger partial charge in [-0.15, -0.1) is 0 Å². The van der Waals surface area contributed by atoms with Crippen LogP contribution in [0.1, 0.15) is 27.2 Å². The SMILES string of the molecule is C=C/C=C1/C[C@@H](CNC(C)=O)[C@@H](C)N(S(=O)O)/C1=C/C. The van der Waals surface area contributed by atoms with E-state index in [1.165, 1.54) is 11.2 Å². The Morgan fingerprint density at radius 1 is 1.65 bits per heavy atom. The maximum absolute atomic E-state index is 11.6. The number of hydrogen-bond donors (Lipinski definition) is 2. The Hall–Kier alpha value is -1.40. The van der Waals surface area contributed by atoms with Crippen LogP contribution in [0, 0.1) is 5.92 Å². The van der Waals surface area contributed by atoms with Crippen molar-refractivity contribution in [2.24, 2.45) is 5.92 Å². The number of carbonyl (C=O) groups is 1. The van der Waals surface area contributed by atoms with E-state index in [4.69, 9.17) is 0 Å². The van der Waals surface area contributed by atoms with Crippen molar-refractivity contribution in [2.75, 3.05) is 6.54 Å². The van der Waals surface area contributed by atoms with E-state index in [9.17, 15) is 13.6 Å². The van der Waals surface area contributed by atoms with Gasteiger partial charge in [0.05, 0.1) is 5.70 Å². The van der Waals surface area contributed by atoms with E-state index in [0.29, 0.717) is 6.54 Å². The van der Waals surface area contributed by atoms with Crippen LogP contribution in [-0.4, -0.2) is 31.6 Å². The number of nitrogens with zero attached hydrogens (tertiary/aromatic N) is 1. The van der Waals surface area contributed by atoms with E-state index >= 15 is 0 Å². The Bertz CT molecular complexity index is 471. The van der Waals surface area contributed by atoms with Gasteiger partial charge in [-0.05, 0) is 25.8 Å². The molecule has 20 heavy (non-hydrogen) atoms. The van der Waals surface area contributed by atoms with Crippen molar-refractivity contribution < 1.29 is 13.6 Å². The number of nitrogens with one attached hydrogen (secondary N) is 1. The van der Waals surface area contributed by atoms with Crippen LogP contribution in [0.4, 0.5) is 0 Å². The number of hydrogen-bond acceptors (Lipinski definition) is 2. The summed E-state index contributed by atoms with van der Waals surface area (Å²) in [6, 6.07) is -0.138. The zero-order valence-corrected chi connectivity index (χ0v) is 12.9. The molecule has 1 fully saturated rings. The molecule has 1 heterocycles. The van der Waals surface area contributed by atoms with Gasteiger partial charge in [-0.1, -0.05) is 24.8 Å². The fraction of sp³-hybridized carbons (Fsp3) is 0.500. The molecule has 0 radical (unpaired) electrons. The first kappa shape index (κ1) is 16.7. The average molecular weight is 298 g/mol. The molecule has 1 rings (SSSR count). The van der Waals surface area contributed by atoms with Crippen molar-refractivity contribution in [3.8, 4) is 0 Å². The van der Waals surface area contributed by atoms with Crippen molar-refractivity contribution in [1.29, 1.82) is 0 Å². The molecule has 1 aliphatic heterocycles. The molecule has 1 amide bonds. The summed E-state index contributed by atoms with van der Waals surface area (Å²) in [7, 11) is 0. The van der Waals surface area contributed by atoms with Gasteiger partial charge in [-0.25, -0.2) is 4.21 Å². The summed E-state index contributed by atoms with van der Waals surface area (Å²) < 4.78 is 22.6. The average Bonchev–Trinajstić information content (AvgIpc) is 2.37. The Balaban J connectivity index is 3.08. The molecule has 0 aromatic heterocycles. The van der Waals surface area contributed by atoms with Gasteiger partial charge >= 0.3 is 0 Å². The molecule has 1 aliphatic rings. The molecule has 3 atom stereocenters. The highest BCUT2D eigenvalue weighted by atomic mass is 32.2. The predicted octanol–water partition coefficient (Wildman–Crippen LogP) is 1.99. The standard InChI is InChI=1S/C14H22N2O3S/c1-5-7-12-8-13(9-15-11(4)17)10(3)16(20(18)19)14(12)6-2/h5-7,10,13H,1,8-9H2,2-4H3,(H,15,17)(H,18,19)/b12-7-,14-6+/t10-,13+/m1/s1. The molecule has 2 N–H and O–H groups in total. The molecule has 112 valence electrons. The summed E-state index contributed by atoms with van der Waals surface area (Å²) in [6.07, 6.45) is 6.08. The second-order valence-electron chi connectivity index (χ2n) is 4.80. The highest BCUT2D eigenvalue weighted by Crippen LogP contribution is 2.35. The first-order valence-electron chi connectivity index (χ1n) is 6.55. The lowest BCUT2D eigenvalue weighted by molar-refractivity contribution is -0.119. The molecule has 5 nitrogen and oxygen atoms in total. The van der Waals surface area contributed by atoms with Gasteiger partial charge in [0.1, 0.15) is 0 Å². The minimum atomic E-state index is -2.09. The van der Waals surface area contributed by atoms with E-state index in [1.54, 1.807) is 6.08 Å². The van der Waals surface area contributed by atoms with Gasteiger partial charge < -0.3 is 5.32 Å². The van der Waals surface area contributed by atoms with Crippen molar-refractivity contribution in [3.63, 3.8) is 0 Å². The fourth-order valence-corrected chi connectivity index (χ4v) is 3.31. The first-order chi connectivity index (χ1) is 9.42. The lowest BCUT2D eigenvalue weighted by Crippen LogP contribution is -2.47. The van der Waals surface area contributed by atoms with E-state index in [-0.39, 0.29) is 17.9 Å². The Morgan fingerprint density at radius 2 is 2.30 bits per heavy atom. The third kappa shape index (κ3) is 3.80. The van der Waals surface area contributed by atoms with E-state index in [2.05, 4.69) is 11.9 Å². The summed E-state index contributed by atoms with van der Waals surface area (Å²) in [5, 5.41) is 2.78. The molecular formula is C14H22N2O3S. The van der Waals surface area contributed by atoms with Crippen LogP contribution in [0.15, 0.2) is 36.1 Å². The third-order valence-electron chi connectivity index (χ3n) is 3.47. The summed E-state index contributed by atoms with van der Waals surface area (Å²) in [6.45, 7) is 9.37. The summed E-state index contributed by atoms with van der Waals surface area (Å²) in [5.74, 6) is -0.0233. The highest BCUT2D eigenvalue weighted by Gasteiger charge is 2.35. The van der Waals surface area contributed by atoms with Gasteiger partial charge in [0.25, 0.3) is 11.3 Å². The molecule has 0 aromatic carbocycles. The lowest BCUT2D eigenvalue weighted by atomic mass is 9.86. The van der Waals surface area contributed by atoms with Gasteiger partial charge in [-0.2, -0.15) is 0 Å². The summed E-state index contributed by atoms with van der Waals surface area (Å²) >= 11 is -2.09. The van der Waals surface area contributed by atoms with Gasteiger partial charge in [-0.3, -0.25) is 13.7 Å². The van der Waals surface area contributed by atoms with Crippen LogP contribution >= 0.6 is 0 Å². The van der Waals surface area contributed by atoms with Gasteiger partial charge in [0.2, 0.25) is 5.91 Å². The summed E-state index contributed by atoms with van der Waals surface area (Å²) in [5.41, 5.74) is 1.70. The zero-order valence-electron chi connectivity index (χ0n) is 12.1. The molecular weight excluding hydrogens is 276 g/mol. The normalized spacial score (nSPS) is 28.5. The van der Waals surface area contributed by atoms with E-state index in [1.807, 2.05) is 26.0 Å². The smallest absolute Gasteiger partial charge is 0.262 e. The molecule has 6 heteroatoms. The topological polar surface area (TPSA) is 69.6 Å². The lowest BCUT2D eigenvalue weighted by Gasteiger charge is -2.41. The van der Waals surface area contributed by atoms with E-state index < -0.39 is 11.3 Å². The Kier molecular flexibility index (Phi) is 6.16. The van der Waals surface area contributed by atoms with Crippen LogP contribution in [-0.2, 0) is 16.1 Å². The second kappa shape index (κ2) is 7.40. The van der Waals surface area contributed by atoms with Gasteiger partial charge in [0.15, 0.2) is 0 Å². The number of amides is 1. The van der Waals surface area contributed by atoms with E-state index in [0.717, 1.165) is 17.7 Å². The molecule has 0 saturated carbocycles. The third-order valence-corrected chi connectivity index (χ3v) is 4.34. The van der Waals surface area contributed by atoms with Crippen LogP contribution in [0.3, 0.4) is 0 Å². The maximum Gasteiger partial charge on any atom is 0.262 e.